The maximum atomic E-state index is 4.66. The van der Waals surface area contributed by atoms with E-state index in [-0.39, 0.29) is 0 Å². The van der Waals surface area contributed by atoms with Crippen molar-refractivity contribution in [1.29, 1.82) is 0 Å². The summed E-state index contributed by atoms with van der Waals surface area (Å²) in [4.78, 5) is 6.56. The largest absolute Gasteiger partial charge is 0.299 e. The lowest BCUT2D eigenvalue weighted by molar-refractivity contribution is 0.134. The molecule has 1 fully saturated rings. The molecule has 0 N–H and O–H groups in total. The fourth-order valence-electron chi connectivity index (χ4n) is 2.95. The topological polar surface area (TPSA) is 15.6 Å². The average molecular weight is 308 g/mol. The molecule has 2 aromatic carbocycles. The van der Waals surface area contributed by atoms with Crippen molar-refractivity contribution in [2.75, 3.05) is 7.05 Å². The van der Waals surface area contributed by atoms with E-state index in [1.807, 2.05) is 6.07 Å². The van der Waals surface area contributed by atoms with Crippen LogP contribution in [-0.4, -0.2) is 29.2 Å². The highest BCUT2D eigenvalue weighted by atomic mass is 32.1. The highest BCUT2D eigenvalue weighted by Crippen LogP contribution is 2.28. The summed E-state index contributed by atoms with van der Waals surface area (Å²) in [6.07, 6.45) is 2.20. The van der Waals surface area contributed by atoms with E-state index in [1.165, 1.54) is 16.7 Å². The van der Waals surface area contributed by atoms with Gasteiger partial charge < -0.3 is 0 Å². The molecule has 3 heteroatoms. The van der Waals surface area contributed by atoms with Gasteiger partial charge in [-0.1, -0.05) is 54.6 Å². The number of isothiocyanates is 1. The zero-order valence-electron chi connectivity index (χ0n) is 12.8. The molecule has 2 aromatic rings. The Morgan fingerprint density at radius 3 is 2.32 bits per heavy atom. The molecule has 1 saturated carbocycles. The summed E-state index contributed by atoms with van der Waals surface area (Å²) in [6, 6.07) is 20.4. The number of hydrogen-bond acceptors (Lipinski definition) is 3. The Balaban J connectivity index is 1.59. The first kappa shape index (κ1) is 15.1. The standard InChI is InChI=1S/C19H20N2S/c1-21(19-11-18(12-19)20-14-22)13-15-7-9-17(10-8-15)16-5-3-2-4-6-16/h2-10,18-19H,11-13H2,1H3. The number of nitrogens with zero attached hydrogens (tertiary/aromatic N) is 2. The van der Waals surface area contributed by atoms with Gasteiger partial charge in [0.2, 0.25) is 0 Å². The Hall–Kier alpha value is -1.80. The monoisotopic (exact) mass is 308 g/mol. The summed E-state index contributed by atoms with van der Waals surface area (Å²) < 4.78 is 0. The fraction of sp³-hybridized carbons (Fsp3) is 0.316. The highest BCUT2D eigenvalue weighted by Gasteiger charge is 2.31. The zero-order valence-corrected chi connectivity index (χ0v) is 13.6. The molecule has 0 bridgehead atoms. The van der Waals surface area contributed by atoms with E-state index in [0.29, 0.717) is 12.1 Å². The molecular formula is C19H20N2S. The van der Waals surface area contributed by atoms with Crippen LogP contribution in [0.1, 0.15) is 18.4 Å². The average Bonchev–Trinajstić information content (AvgIpc) is 2.52. The second kappa shape index (κ2) is 6.97. The number of thiocarbonyl (C=S) groups is 1. The van der Waals surface area contributed by atoms with Crippen molar-refractivity contribution in [3.63, 3.8) is 0 Å². The molecule has 0 heterocycles. The van der Waals surface area contributed by atoms with Gasteiger partial charge in [-0.05, 0) is 48.8 Å². The van der Waals surface area contributed by atoms with Gasteiger partial charge >= 0.3 is 0 Å². The molecule has 0 aliphatic heterocycles. The molecular weight excluding hydrogens is 288 g/mol. The zero-order chi connectivity index (χ0) is 15.4. The van der Waals surface area contributed by atoms with Crippen LogP contribution in [0, 0.1) is 0 Å². The maximum Gasteiger partial charge on any atom is 0.0632 e. The normalized spacial score (nSPS) is 20.3. The summed E-state index contributed by atoms with van der Waals surface area (Å²) in [5, 5.41) is 2.49. The third kappa shape index (κ3) is 3.50. The lowest BCUT2D eigenvalue weighted by atomic mass is 9.86. The first-order valence-electron chi connectivity index (χ1n) is 7.68. The van der Waals surface area contributed by atoms with Gasteiger partial charge in [0, 0.05) is 12.6 Å². The van der Waals surface area contributed by atoms with Crippen molar-refractivity contribution in [1.82, 2.24) is 4.90 Å². The molecule has 1 aliphatic carbocycles. The van der Waals surface area contributed by atoms with Gasteiger partial charge in [0.05, 0.1) is 11.2 Å². The van der Waals surface area contributed by atoms with Crippen LogP contribution in [-0.2, 0) is 6.54 Å². The second-order valence-corrected chi connectivity index (χ2v) is 6.16. The minimum atomic E-state index is 0.394. The van der Waals surface area contributed by atoms with Gasteiger partial charge in [-0.15, -0.1) is 0 Å². The molecule has 0 saturated heterocycles. The Labute approximate surface area is 137 Å². The molecule has 0 spiro atoms. The Morgan fingerprint density at radius 1 is 1.05 bits per heavy atom. The number of aliphatic imine (C=N–C) groups is 1. The molecule has 0 atom stereocenters. The minimum Gasteiger partial charge on any atom is -0.299 e. The predicted octanol–water partition coefficient (Wildman–Crippen LogP) is 4.42. The van der Waals surface area contributed by atoms with Crippen molar-refractivity contribution in [2.24, 2.45) is 4.99 Å². The van der Waals surface area contributed by atoms with E-state index >= 15 is 0 Å². The number of rotatable bonds is 5. The molecule has 0 radical (unpaired) electrons. The van der Waals surface area contributed by atoms with Gasteiger partial charge in [-0.2, -0.15) is 0 Å². The van der Waals surface area contributed by atoms with Gasteiger partial charge in [0.1, 0.15) is 0 Å². The quantitative estimate of drug-likeness (QED) is 0.600. The molecule has 112 valence electrons. The molecule has 1 aliphatic rings. The third-order valence-electron chi connectivity index (χ3n) is 4.44. The summed E-state index contributed by atoms with van der Waals surface area (Å²) >= 11 is 4.66. The summed E-state index contributed by atoms with van der Waals surface area (Å²) in [7, 11) is 2.19. The van der Waals surface area contributed by atoms with E-state index in [0.717, 1.165) is 19.4 Å². The van der Waals surface area contributed by atoms with Gasteiger partial charge in [0.25, 0.3) is 0 Å². The number of benzene rings is 2. The van der Waals surface area contributed by atoms with Crippen LogP contribution in [0.3, 0.4) is 0 Å². The van der Waals surface area contributed by atoms with Crippen LogP contribution in [0.2, 0.25) is 0 Å². The lowest BCUT2D eigenvalue weighted by Crippen LogP contribution is -2.44. The SMILES string of the molecule is CN(Cc1ccc(-c2ccccc2)cc1)C1CC(N=C=S)C1. The molecule has 0 aromatic heterocycles. The molecule has 2 nitrogen and oxygen atoms in total. The van der Waals surface area contributed by atoms with Gasteiger partial charge in [-0.3, -0.25) is 4.90 Å². The van der Waals surface area contributed by atoms with Crippen molar-refractivity contribution >= 4 is 17.4 Å². The van der Waals surface area contributed by atoms with Crippen LogP contribution in [0.25, 0.3) is 11.1 Å². The maximum absolute atomic E-state index is 4.66. The van der Waals surface area contributed by atoms with E-state index in [4.69, 9.17) is 0 Å². The highest BCUT2D eigenvalue weighted by molar-refractivity contribution is 7.78. The van der Waals surface area contributed by atoms with Crippen molar-refractivity contribution in [2.45, 2.75) is 31.5 Å². The summed E-state index contributed by atoms with van der Waals surface area (Å²) in [5.74, 6) is 0. The smallest absolute Gasteiger partial charge is 0.0632 e. The second-order valence-electron chi connectivity index (χ2n) is 5.98. The molecule has 3 rings (SSSR count). The van der Waals surface area contributed by atoms with Crippen LogP contribution in [0.5, 0.6) is 0 Å². The summed E-state index contributed by atoms with van der Waals surface area (Å²) in [6.45, 7) is 0.980. The number of hydrogen-bond donors (Lipinski definition) is 0. The van der Waals surface area contributed by atoms with Gasteiger partial charge in [0.15, 0.2) is 0 Å². The fourth-order valence-corrected chi connectivity index (χ4v) is 3.10. The van der Waals surface area contributed by atoms with E-state index in [9.17, 15) is 0 Å². The third-order valence-corrected chi connectivity index (χ3v) is 4.55. The summed E-state index contributed by atoms with van der Waals surface area (Å²) in [5.41, 5.74) is 3.89. The van der Waals surface area contributed by atoms with Crippen LogP contribution in [0.15, 0.2) is 59.6 Å². The molecule has 22 heavy (non-hydrogen) atoms. The predicted molar refractivity (Wildman–Crippen MR) is 95.2 cm³/mol. The van der Waals surface area contributed by atoms with Crippen molar-refractivity contribution in [3.05, 3.63) is 60.2 Å². The Kier molecular flexibility index (Phi) is 4.79. The first-order valence-corrected chi connectivity index (χ1v) is 8.08. The Morgan fingerprint density at radius 2 is 1.68 bits per heavy atom. The van der Waals surface area contributed by atoms with Crippen LogP contribution in [0.4, 0.5) is 0 Å². The van der Waals surface area contributed by atoms with Gasteiger partial charge in [-0.25, -0.2) is 4.99 Å². The van der Waals surface area contributed by atoms with Crippen LogP contribution >= 0.6 is 12.2 Å². The Bertz CT molecular complexity index is 654. The van der Waals surface area contributed by atoms with Crippen molar-refractivity contribution in [3.8, 4) is 11.1 Å². The minimum absolute atomic E-state index is 0.394. The van der Waals surface area contributed by atoms with E-state index in [1.54, 1.807) is 0 Å². The molecule has 0 unspecified atom stereocenters. The lowest BCUT2D eigenvalue weighted by Gasteiger charge is -2.38. The van der Waals surface area contributed by atoms with Crippen LogP contribution < -0.4 is 0 Å². The van der Waals surface area contributed by atoms with E-state index in [2.05, 4.69) is 82.9 Å². The molecule has 0 amide bonds. The first-order chi connectivity index (χ1) is 10.8. The van der Waals surface area contributed by atoms with E-state index < -0.39 is 0 Å². The van der Waals surface area contributed by atoms with Crippen molar-refractivity contribution < 1.29 is 0 Å².